The second-order valence-corrected chi connectivity index (χ2v) is 6.04. The molecule has 1 saturated carbocycles. The molecule has 2 heterocycles. The van der Waals surface area contributed by atoms with Crippen molar-refractivity contribution in [2.24, 2.45) is 5.73 Å². The van der Waals surface area contributed by atoms with Crippen molar-refractivity contribution in [2.75, 3.05) is 6.54 Å². The second-order valence-electron chi connectivity index (χ2n) is 6.04. The molecule has 1 aliphatic rings. The third-order valence-corrected chi connectivity index (χ3v) is 4.00. The standard InChI is InChI=1S/C16H22N4O2/c1-3-4-12-14-11(15(21)18-9(2)8-17)7-13(10-5-6-10)19-16(14)22-20-12/h7,9-10H,3-6,8,17H2,1-2H3,(H,18,21)/t9-/m0/s1. The average molecular weight is 302 g/mol. The first-order chi connectivity index (χ1) is 10.6. The summed E-state index contributed by atoms with van der Waals surface area (Å²) < 4.78 is 5.38. The Morgan fingerprint density at radius 2 is 2.32 bits per heavy atom. The number of aromatic nitrogens is 2. The highest BCUT2D eigenvalue weighted by atomic mass is 16.5. The Labute approximate surface area is 129 Å². The highest BCUT2D eigenvalue weighted by Crippen LogP contribution is 2.40. The van der Waals surface area contributed by atoms with Crippen molar-refractivity contribution in [2.45, 2.75) is 51.5 Å². The van der Waals surface area contributed by atoms with Gasteiger partial charge in [-0.05, 0) is 32.3 Å². The van der Waals surface area contributed by atoms with Crippen molar-refractivity contribution >= 4 is 17.0 Å². The molecule has 0 aliphatic heterocycles. The molecule has 0 spiro atoms. The zero-order valence-corrected chi connectivity index (χ0v) is 13.1. The summed E-state index contributed by atoms with van der Waals surface area (Å²) in [4.78, 5) is 17.2. The van der Waals surface area contributed by atoms with Gasteiger partial charge in [0.25, 0.3) is 11.6 Å². The van der Waals surface area contributed by atoms with E-state index in [2.05, 4.69) is 22.4 Å². The van der Waals surface area contributed by atoms with E-state index in [-0.39, 0.29) is 11.9 Å². The van der Waals surface area contributed by atoms with E-state index in [0.717, 1.165) is 42.5 Å². The molecule has 0 unspecified atom stereocenters. The minimum Gasteiger partial charge on any atom is -0.348 e. The van der Waals surface area contributed by atoms with Gasteiger partial charge in [0.05, 0.1) is 16.6 Å². The smallest absolute Gasteiger partial charge is 0.259 e. The number of nitrogens with two attached hydrogens (primary N) is 1. The van der Waals surface area contributed by atoms with Crippen molar-refractivity contribution in [1.29, 1.82) is 0 Å². The summed E-state index contributed by atoms with van der Waals surface area (Å²) in [6.07, 6.45) is 3.94. The van der Waals surface area contributed by atoms with Gasteiger partial charge in [-0.15, -0.1) is 0 Å². The molecule has 1 amide bonds. The number of pyridine rings is 1. The van der Waals surface area contributed by atoms with E-state index in [1.54, 1.807) is 0 Å². The van der Waals surface area contributed by atoms with Crippen molar-refractivity contribution in [3.63, 3.8) is 0 Å². The van der Waals surface area contributed by atoms with Crippen LogP contribution in [0.5, 0.6) is 0 Å². The highest BCUT2D eigenvalue weighted by molar-refractivity contribution is 6.06. The topological polar surface area (TPSA) is 94.0 Å². The van der Waals surface area contributed by atoms with Gasteiger partial charge in [0.2, 0.25) is 0 Å². The largest absolute Gasteiger partial charge is 0.348 e. The molecular formula is C16H22N4O2. The van der Waals surface area contributed by atoms with Gasteiger partial charge in [0.1, 0.15) is 0 Å². The van der Waals surface area contributed by atoms with Gasteiger partial charge < -0.3 is 15.6 Å². The first-order valence-electron chi connectivity index (χ1n) is 7.94. The number of fused-ring (bicyclic) bond motifs is 1. The number of hydrogen-bond donors (Lipinski definition) is 2. The van der Waals surface area contributed by atoms with Crippen LogP contribution in [0, 0.1) is 0 Å². The van der Waals surface area contributed by atoms with E-state index in [1.165, 1.54) is 0 Å². The highest BCUT2D eigenvalue weighted by Gasteiger charge is 2.29. The van der Waals surface area contributed by atoms with Crippen LogP contribution in [-0.2, 0) is 6.42 Å². The molecule has 0 radical (unpaired) electrons. The van der Waals surface area contributed by atoms with Gasteiger partial charge in [-0.25, -0.2) is 4.98 Å². The second kappa shape index (κ2) is 6.04. The van der Waals surface area contributed by atoms with Gasteiger partial charge in [0.15, 0.2) is 0 Å². The molecule has 0 saturated heterocycles. The lowest BCUT2D eigenvalue weighted by molar-refractivity contribution is 0.0942. The molecule has 118 valence electrons. The van der Waals surface area contributed by atoms with Gasteiger partial charge in [-0.2, -0.15) is 0 Å². The number of carbonyl (C=O) groups is 1. The predicted octanol–water partition coefficient (Wildman–Crippen LogP) is 2.13. The number of nitrogens with zero attached hydrogens (tertiary/aromatic N) is 2. The Morgan fingerprint density at radius 3 is 2.95 bits per heavy atom. The molecule has 2 aromatic rings. The summed E-state index contributed by atoms with van der Waals surface area (Å²) in [5, 5.41) is 7.77. The molecule has 1 fully saturated rings. The van der Waals surface area contributed by atoms with Crippen LogP contribution >= 0.6 is 0 Å². The predicted molar refractivity (Wildman–Crippen MR) is 83.8 cm³/mol. The van der Waals surface area contributed by atoms with Crippen molar-refractivity contribution in [1.82, 2.24) is 15.5 Å². The van der Waals surface area contributed by atoms with Gasteiger partial charge >= 0.3 is 0 Å². The summed E-state index contributed by atoms with van der Waals surface area (Å²) in [7, 11) is 0. The molecule has 3 N–H and O–H groups in total. The zero-order chi connectivity index (χ0) is 15.7. The molecule has 1 atom stereocenters. The molecule has 0 aromatic carbocycles. The number of aryl methyl sites for hydroxylation is 1. The fourth-order valence-electron chi connectivity index (χ4n) is 2.56. The number of rotatable bonds is 6. The lowest BCUT2D eigenvalue weighted by atomic mass is 10.0. The van der Waals surface area contributed by atoms with E-state index in [0.29, 0.717) is 23.7 Å². The first kappa shape index (κ1) is 15.0. The minimum absolute atomic E-state index is 0.0745. The fraction of sp³-hybridized carbons (Fsp3) is 0.562. The quantitative estimate of drug-likeness (QED) is 0.852. The average Bonchev–Trinajstić information content (AvgIpc) is 3.29. The summed E-state index contributed by atoms with van der Waals surface area (Å²) in [5.74, 6) is 0.315. The third kappa shape index (κ3) is 2.83. The summed E-state index contributed by atoms with van der Waals surface area (Å²) >= 11 is 0. The molecule has 6 heteroatoms. The summed E-state index contributed by atoms with van der Waals surface area (Å²) in [6.45, 7) is 4.36. The van der Waals surface area contributed by atoms with Crippen LogP contribution in [-0.4, -0.2) is 28.6 Å². The molecule has 22 heavy (non-hydrogen) atoms. The van der Waals surface area contributed by atoms with Crippen LogP contribution < -0.4 is 11.1 Å². The van der Waals surface area contributed by atoms with E-state index < -0.39 is 0 Å². The first-order valence-corrected chi connectivity index (χ1v) is 7.94. The Kier molecular flexibility index (Phi) is 4.11. The molecule has 6 nitrogen and oxygen atoms in total. The zero-order valence-electron chi connectivity index (χ0n) is 13.1. The SMILES string of the molecule is CCCc1noc2nc(C3CC3)cc(C(=O)N[C@@H](C)CN)c12. The minimum atomic E-state index is -0.132. The lowest BCUT2D eigenvalue weighted by Gasteiger charge is -2.12. The summed E-state index contributed by atoms with van der Waals surface area (Å²) in [5.41, 5.74) is 8.41. The normalized spacial score (nSPS) is 16.0. The van der Waals surface area contributed by atoms with Crippen molar-refractivity contribution < 1.29 is 9.32 Å². The molecule has 3 rings (SSSR count). The lowest BCUT2D eigenvalue weighted by Crippen LogP contribution is -2.38. The van der Waals surface area contributed by atoms with Gasteiger partial charge in [0, 0.05) is 24.2 Å². The summed E-state index contributed by atoms with van der Waals surface area (Å²) in [6, 6.07) is 1.82. The Bertz CT molecular complexity index is 691. The van der Waals surface area contributed by atoms with Crippen LogP contribution in [0.2, 0.25) is 0 Å². The maximum absolute atomic E-state index is 12.6. The molecule has 1 aliphatic carbocycles. The van der Waals surface area contributed by atoms with E-state index in [4.69, 9.17) is 10.3 Å². The maximum atomic E-state index is 12.6. The van der Waals surface area contributed by atoms with E-state index in [9.17, 15) is 4.79 Å². The van der Waals surface area contributed by atoms with Crippen LogP contribution in [0.15, 0.2) is 10.6 Å². The maximum Gasteiger partial charge on any atom is 0.259 e. The van der Waals surface area contributed by atoms with Crippen LogP contribution in [0.25, 0.3) is 11.1 Å². The number of amides is 1. The fourth-order valence-corrected chi connectivity index (χ4v) is 2.56. The Hall–Kier alpha value is -1.95. The van der Waals surface area contributed by atoms with E-state index >= 15 is 0 Å². The third-order valence-electron chi connectivity index (χ3n) is 4.00. The number of nitrogens with one attached hydrogen (secondary N) is 1. The number of hydrogen-bond acceptors (Lipinski definition) is 5. The van der Waals surface area contributed by atoms with Crippen molar-refractivity contribution in [3.8, 4) is 0 Å². The van der Waals surface area contributed by atoms with Crippen LogP contribution in [0.1, 0.15) is 60.8 Å². The monoisotopic (exact) mass is 302 g/mol. The molecular weight excluding hydrogens is 280 g/mol. The molecule has 2 aromatic heterocycles. The number of carbonyl (C=O) groups excluding carboxylic acids is 1. The van der Waals surface area contributed by atoms with Crippen LogP contribution in [0.3, 0.4) is 0 Å². The van der Waals surface area contributed by atoms with Gasteiger partial charge in [-0.3, -0.25) is 4.79 Å². The molecule has 0 bridgehead atoms. The van der Waals surface area contributed by atoms with Crippen molar-refractivity contribution in [3.05, 3.63) is 23.0 Å². The Morgan fingerprint density at radius 1 is 1.55 bits per heavy atom. The Balaban J connectivity index is 2.06. The van der Waals surface area contributed by atoms with Crippen LogP contribution in [0.4, 0.5) is 0 Å². The van der Waals surface area contributed by atoms with Gasteiger partial charge in [-0.1, -0.05) is 18.5 Å². The van der Waals surface area contributed by atoms with E-state index in [1.807, 2.05) is 13.0 Å².